The Balaban J connectivity index is 2.27. The van der Waals surface area contributed by atoms with Gasteiger partial charge in [0.25, 0.3) is 0 Å². The lowest BCUT2D eigenvalue weighted by atomic mass is 9.99. The molecule has 0 saturated carbocycles. The smallest absolute Gasteiger partial charge is 0.325 e. The summed E-state index contributed by atoms with van der Waals surface area (Å²) in [5.41, 5.74) is 1.46. The highest BCUT2D eigenvalue weighted by Crippen LogP contribution is 2.24. The quantitative estimate of drug-likeness (QED) is 0.835. The van der Waals surface area contributed by atoms with Crippen LogP contribution < -0.4 is 5.32 Å². The lowest BCUT2D eigenvalue weighted by Gasteiger charge is -2.28. The molecule has 0 saturated heterocycles. The normalized spacial score (nSPS) is 17.6. The highest BCUT2D eigenvalue weighted by Gasteiger charge is 2.34. The SMILES string of the molecule is CCCNC(C)(Cn1c(C)nc2c1CCCC2)C(=O)O. The zero-order valence-corrected chi connectivity index (χ0v) is 12.7. The van der Waals surface area contributed by atoms with E-state index in [0.717, 1.165) is 30.8 Å². The third-order valence-corrected chi connectivity index (χ3v) is 4.14. The molecule has 0 radical (unpaired) electrons. The van der Waals surface area contributed by atoms with Gasteiger partial charge in [-0.2, -0.15) is 0 Å². The molecule has 1 heterocycles. The minimum absolute atomic E-state index is 0.441. The number of carbonyl (C=O) groups is 1. The summed E-state index contributed by atoms with van der Waals surface area (Å²) in [5, 5.41) is 12.7. The molecule has 20 heavy (non-hydrogen) atoms. The number of nitrogens with zero attached hydrogens (tertiary/aromatic N) is 2. The number of nitrogens with one attached hydrogen (secondary N) is 1. The van der Waals surface area contributed by atoms with Crippen molar-refractivity contribution in [3.63, 3.8) is 0 Å². The van der Waals surface area contributed by atoms with Crippen molar-refractivity contribution < 1.29 is 9.90 Å². The van der Waals surface area contributed by atoms with E-state index in [9.17, 15) is 9.90 Å². The maximum atomic E-state index is 11.6. The minimum Gasteiger partial charge on any atom is -0.480 e. The van der Waals surface area contributed by atoms with Crippen molar-refractivity contribution in [2.24, 2.45) is 0 Å². The average molecular weight is 279 g/mol. The largest absolute Gasteiger partial charge is 0.480 e. The molecule has 5 heteroatoms. The molecule has 0 amide bonds. The van der Waals surface area contributed by atoms with Crippen LogP contribution in [0.1, 0.15) is 50.3 Å². The Labute approximate surface area is 120 Å². The Morgan fingerprint density at radius 1 is 1.45 bits per heavy atom. The molecule has 1 unspecified atom stereocenters. The number of fused-ring (bicyclic) bond motifs is 1. The molecule has 1 aromatic heterocycles. The van der Waals surface area contributed by atoms with Gasteiger partial charge in [0, 0.05) is 5.69 Å². The van der Waals surface area contributed by atoms with E-state index in [-0.39, 0.29) is 0 Å². The molecule has 112 valence electrons. The lowest BCUT2D eigenvalue weighted by Crippen LogP contribution is -2.53. The molecule has 1 atom stereocenters. The van der Waals surface area contributed by atoms with E-state index in [1.807, 2.05) is 13.8 Å². The van der Waals surface area contributed by atoms with E-state index in [4.69, 9.17) is 0 Å². The molecular weight excluding hydrogens is 254 g/mol. The summed E-state index contributed by atoms with van der Waals surface area (Å²) in [6, 6.07) is 0. The zero-order valence-electron chi connectivity index (χ0n) is 12.7. The van der Waals surface area contributed by atoms with Crippen LogP contribution in [0.5, 0.6) is 0 Å². The standard InChI is InChI=1S/C15H25N3O2/c1-4-9-16-15(3,14(19)20)10-18-11(2)17-12-7-5-6-8-13(12)18/h16H,4-10H2,1-3H3,(H,19,20). The number of carboxylic acid groups (broad SMARTS) is 1. The van der Waals surface area contributed by atoms with Crippen LogP contribution in [0, 0.1) is 6.92 Å². The van der Waals surface area contributed by atoms with Gasteiger partial charge in [-0.05, 0) is 52.5 Å². The Hall–Kier alpha value is -1.36. The van der Waals surface area contributed by atoms with E-state index < -0.39 is 11.5 Å². The second-order valence-electron chi connectivity index (χ2n) is 5.91. The predicted molar refractivity (Wildman–Crippen MR) is 77.9 cm³/mol. The van der Waals surface area contributed by atoms with Gasteiger partial charge in [0.2, 0.25) is 0 Å². The summed E-state index contributed by atoms with van der Waals surface area (Å²) in [5.74, 6) is 0.131. The Morgan fingerprint density at radius 3 is 2.80 bits per heavy atom. The number of hydrogen-bond donors (Lipinski definition) is 2. The molecule has 0 fully saturated rings. The lowest BCUT2D eigenvalue weighted by molar-refractivity contribution is -0.144. The molecule has 5 nitrogen and oxygen atoms in total. The fraction of sp³-hybridized carbons (Fsp3) is 0.733. The maximum absolute atomic E-state index is 11.6. The van der Waals surface area contributed by atoms with Crippen LogP contribution in [0.2, 0.25) is 0 Å². The molecular formula is C15H25N3O2. The summed E-state index contributed by atoms with van der Waals surface area (Å²) < 4.78 is 2.10. The minimum atomic E-state index is -0.938. The molecule has 0 bridgehead atoms. The van der Waals surface area contributed by atoms with Crippen molar-refractivity contribution in [2.75, 3.05) is 6.54 Å². The average Bonchev–Trinajstić information content (AvgIpc) is 2.73. The molecule has 1 aliphatic rings. The van der Waals surface area contributed by atoms with E-state index in [2.05, 4.69) is 14.9 Å². The van der Waals surface area contributed by atoms with Gasteiger partial charge in [-0.3, -0.25) is 4.79 Å². The van der Waals surface area contributed by atoms with Crippen molar-refractivity contribution in [1.29, 1.82) is 0 Å². The van der Waals surface area contributed by atoms with Gasteiger partial charge in [0.1, 0.15) is 11.4 Å². The second kappa shape index (κ2) is 5.95. The zero-order chi connectivity index (χ0) is 14.8. The van der Waals surface area contributed by atoms with E-state index in [0.29, 0.717) is 13.1 Å². The monoisotopic (exact) mass is 279 g/mol. The topological polar surface area (TPSA) is 67.2 Å². The number of aliphatic carboxylic acids is 1. The van der Waals surface area contributed by atoms with Gasteiger partial charge in [-0.15, -0.1) is 0 Å². The molecule has 1 aliphatic carbocycles. The van der Waals surface area contributed by atoms with Gasteiger partial charge in [0.05, 0.1) is 12.2 Å². The fourth-order valence-corrected chi connectivity index (χ4v) is 2.86. The number of imidazole rings is 1. The second-order valence-corrected chi connectivity index (χ2v) is 5.91. The van der Waals surface area contributed by atoms with Gasteiger partial charge in [0.15, 0.2) is 0 Å². The summed E-state index contributed by atoms with van der Waals surface area (Å²) in [7, 11) is 0. The first-order chi connectivity index (χ1) is 9.48. The highest BCUT2D eigenvalue weighted by molar-refractivity contribution is 5.78. The summed E-state index contributed by atoms with van der Waals surface area (Å²) in [6.45, 7) is 6.93. The van der Waals surface area contributed by atoms with Crippen LogP contribution in [0.4, 0.5) is 0 Å². The fourth-order valence-electron chi connectivity index (χ4n) is 2.86. The van der Waals surface area contributed by atoms with Crippen molar-refractivity contribution in [2.45, 2.75) is 65.0 Å². The Morgan fingerprint density at radius 2 is 2.15 bits per heavy atom. The first kappa shape index (κ1) is 15.0. The number of aryl methyl sites for hydroxylation is 2. The van der Waals surface area contributed by atoms with Crippen LogP contribution in [0.15, 0.2) is 0 Å². The molecule has 2 rings (SSSR count). The van der Waals surface area contributed by atoms with Crippen LogP contribution in [0.3, 0.4) is 0 Å². The van der Waals surface area contributed by atoms with Gasteiger partial charge in [-0.1, -0.05) is 6.92 Å². The molecule has 0 aromatic carbocycles. The number of carboxylic acids is 1. The van der Waals surface area contributed by atoms with Crippen LogP contribution in [-0.4, -0.2) is 32.7 Å². The van der Waals surface area contributed by atoms with Gasteiger partial charge in [-0.25, -0.2) is 4.98 Å². The van der Waals surface area contributed by atoms with Crippen LogP contribution in [-0.2, 0) is 24.2 Å². The van der Waals surface area contributed by atoms with E-state index in [1.54, 1.807) is 6.92 Å². The molecule has 2 N–H and O–H groups in total. The summed E-state index contributed by atoms with van der Waals surface area (Å²) >= 11 is 0. The number of hydrogen-bond acceptors (Lipinski definition) is 3. The van der Waals surface area contributed by atoms with Crippen molar-refractivity contribution in [3.05, 3.63) is 17.2 Å². The molecule has 0 aliphatic heterocycles. The van der Waals surface area contributed by atoms with Crippen molar-refractivity contribution in [3.8, 4) is 0 Å². The third kappa shape index (κ3) is 2.87. The van der Waals surface area contributed by atoms with Gasteiger partial charge < -0.3 is 15.0 Å². The molecule has 0 spiro atoms. The van der Waals surface area contributed by atoms with E-state index in [1.165, 1.54) is 18.5 Å². The van der Waals surface area contributed by atoms with Gasteiger partial charge >= 0.3 is 5.97 Å². The number of aromatic nitrogens is 2. The Bertz CT molecular complexity index is 496. The number of rotatable bonds is 6. The molecule has 1 aromatic rings. The maximum Gasteiger partial charge on any atom is 0.325 e. The third-order valence-electron chi connectivity index (χ3n) is 4.14. The van der Waals surface area contributed by atoms with Crippen molar-refractivity contribution >= 4 is 5.97 Å². The van der Waals surface area contributed by atoms with E-state index >= 15 is 0 Å². The highest BCUT2D eigenvalue weighted by atomic mass is 16.4. The first-order valence-corrected chi connectivity index (χ1v) is 7.51. The summed E-state index contributed by atoms with van der Waals surface area (Å²) in [4.78, 5) is 16.3. The van der Waals surface area contributed by atoms with Crippen LogP contribution in [0.25, 0.3) is 0 Å². The first-order valence-electron chi connectivity index (χ1n) is 7.51. The predicted octanol–water partition coefficient (Wildman–Crippen LogP) is 1.91. The Kier molecular flexibility index (Phi) is 4.48. The summed E-state index contributed by atoms with van der Waals surface area (Å²) in [6.07, 6.45) is 5.32. The van der Waals surface area contributed by atoms with Crippen molar-refractivity contribution in [1.82, 2.24) is 14.9 Å². The van der Waals surface area contributed by atoms with Crippen LogP contribution >= 0.6 is 0 Å².